The van der Waals surface area contributed by atoms with Crippen molar-refractivity contribution in [3.05, 3.63) is 89.6 Å². The van der Waals surface area contributed by atoms with Crippen LogP contribution >= 0.6 is 0 Å². The molecule has 6 nitrogen and oxygen atoms in total. The van der Waals surface area contributed by atoms with Gasteiger partial charge in [-0.2, -0.15) is 0 Å². The van der Waals surface area contributed by atoms with E-state index in [0.29, 0.717) is 22.9 Å². The lowest BCUT2D eigenvalue weighted by molar-refractivity contribution is 0.101. The third-order valence-electron chi connectivity index (χ3n) is 6.04. The van der Waals surface area contributed by atoms with Crippen LogP contribution in [0.25, 0.3) is 22.8 Å². The number of nitrogens with zero attached hydrogens (tertiary/aromatic N) is 2. The highest BCUT2D eigenvalue weighted by atomic mass is 16.4. The van der Waals surface area contributed by atoms with Crippen molar-refractivity contribution in [2.75, 3.05) is 24.3 Å². The van der Waals surface area contributed by atoms with Gasteiger partial charge >= 0.3 is 0 Å². The van der Waals surface area contributed by atoms with E-state index in [4.69, 9.17) is 4.42 Å². The van der Waals surface area contributed by atoms with E-state index in [1.165, 1.54) is 12.5 Å². The summed E-state index contributed by atoms with van der Waals surface area (Å²) < 4.78 is 6.19. The lowest BCUT2D eigenvalue weighted by atomic mass is 9.87. The fourth-order valence-corrected chi connectivity index (χ4v) is 3.80. The lowest BCUT2D eigenvalue weighted by Crippen LogP contribution is -2.13. The van der Waals surface area contributed by atoms with E-state index >= 15 is 0 Å². The molecule has 184 valence electrons. The molecule has 3 aromatic carbocycles. The molecule has 0 saturated heterocycles. The van der Waals surface area contributed by atoms with E-state index in [1.54, 1.807) is 24.3 Å². The molecule has 0 saturated carbocycles. The summed E-state index contributed by atoms with van der Waals surface area (Å²) in [6, 6.07) is 22.6. The molecular formula is C30H31N3O3. The van der Waals surface area contributed by atoms with Crippen molar-refractivity contribution < 1.29 is 14.0 Å². The van der Waals surface area contributed by atoms with Gasteiger partial charge in [0.15, 0.2) is 17.2 Å². The van der Waals surface area contributed by atoms with E-state index in [-0.39, 0.29) is 16.9 Å². The number of carbonyl (C=O) groups excluding carboxylic acids is 2. The van der Waals surface area contributed by atoms with Crippen LogP contribution in [0.3, 0.4) is 0 Å². The fourth-order valence-electron chi connectivity index (χ4n) is 3.80. The molecule has 4 rings (SSSR count). The van der Waals surface area contributed by atoms with Crippen molar-refractivity contribution in [1.29, 1.82) is 0 Å². The largest absolute Gasteiger partial charge is 0.435 e. The first-order valence-electron chi connectivity index (χ1n) is 11.8. The van der Waals surface area contributed by atoms with Crippen LogP contribution in [0.2, 0.25) is 0 Å². The summed E-state index contributed by atoms with van der Waals surface area (Å²) >= 11 is 0. The predicted octanol–water partition coefficient (Wildman–Crippen LogP) is 6.83. The summed E-state index contributed by atoms with van der Waals surface area (Å²) in [4.78, 5) is 31.5. The van der Waals surface area contributed by atoms with Crippen LogP contribution in [-0.4, -0.2) is 30.8 Å². The Labute approximate surface area is 212 Å². The van der Waals surface area contributed by atoms with Gasteiger partial charge in [0.1, 0.15) is 0 Å². The zero-order chi connectivity index (χ0) is 26.0. The van der Waals surface area contributed by atoms with Crippen molar-refractivity contribution in [3.8, 4) is 22.8 Å². The highest BCUT2D eigenvalue weighted by Gasteiger charge is 2.23. The molecule has 1 amide bonds. The van der Waals surface area contributed by atoms with Gasteiger partial charge in [0.2, 0.25) is 5.89 Å². The number of oxazole rings is 1. The maximum Gasteiger partial charge on any atom is 0.278 e. The van der Waals surface area contributed by atoms with Crippen LogP contribution < -0.4 is 10.2 Å². The summed E-state index contributed by atoms with van der Waals surface area (Å²) in [6.07, 6.45) is 0. The van der Waals surface area contributed by atoms with E-state index in [1.807, 2.05) is 55.4 Å². The van der Waals surface area contributed by atoms with Gasteiger partial charge in [-0.25, -0.2) is 4.98 Å². The number of anilines is 2. The van der Waals surface area contributed by atoms with Crippen LogP contribution in [0.15, 0.2) is 77.2 Å². The predicted molar refractivity (Wildman–Crippen MR) is 145 cm³/mol. The molecule has 0 aliphatic carbocycles. The number of carbonyl (C=O) groups is 2. The molecule has 1 heterocycles. The van der Waals surface area contributed by atoms with Crippen molar-refractivity contribution in [3.63, 3.8) is 0 Å². The van der Waals surface area contributed by atoms with Crippen LogP contribution in [-0.2, 0) is 5.41 Å². The van der Waals surface area contributed by atoms with E-state index in [0.717, 1.165) is 16.8 Å². The van der Waals surface area contributed by atoms with Crippen LogP contribution in [0, 0.1) is 0 Å². The summed E-state index contributed by atoms with van der Waals surface area (Å²) in [6.45, 7) is 7.99. The van der Waals surface area contributed by atoms with Crippen LogP contribution in [0.1, 0.15) is 54.1 Å². The first kappa shape index (κ1) is 24.9. The number of nitrogens with one attached hydrogen (secondary N) is 1. The molecule has 36 heavy (non-hydrogen) atoms. The fraction of sp³-hybridized carbons (Fsp3) is 0.233. The number of ketones is 1. The number of Topliss-reactive ketones (excluding diaryl/α,β-unsaturated/α-hetero) is 1. The molecular weight excluding hydrogens is 450 g/mol. The second-order valence-electron chi connectivity index (χ2n) is 10.1. The Morgan fingerprint density at radius 3 is 1.94 bits per heavy atom. The Kier molecular flexibility index (Phi) is 6.80. The Hall–Kier alpha value is -4.19. The molecule has 6 heteroatoms. The van der Waals surface area contributed by atoms with E-state index < -0.39 is 5.91 Å². The molecule has 4 aromatic rings. The zero-order valence-electron chi connectivity index (χ0n) is 21.5. The number of benzene rings is 3. The maximum absolute atomic E-state index is 13.3. The number of rotatable bonds is 6. The van der Waals surface area contributed by atoms with Crippen LogP contribution in [0.5, 0.6) is 0 Å². The van der Waals surface area contributed by atoms with Gasteiger partial charge in [0.05, 0.1) is 0 Å². The molecule has 0 aliphatic rings. The standard InChI is InChI=1S/C30H31N3O3/c1-19(34)20-9-15-24(16-10-20)31-28(35)26-27(21-11-17-25(18-12-21)33(5)6)36-29(32-26)22-7-13-23(14-8-22)30(2,3)4/h7-18H,1-6H3,(H,31,35). The number of aromatic nitrogens is 1. The number of hydrogen-bond acceptors (Lipinski definition) is 5. The summed E-state index contributed by atoms with van der Waals surface area (Å²) in [7, 11) is 3.94. The molecule has 1 aromatic heterocycles. The van der Waals surface area contributed by atoms with Gasteiger partial charge in [0, 0.05) is 42.2 Å². The highest BCUT2D eigenvalue weighted by Crippen LogP contribution is 2.33. The van der Waals surface area contributed by atoms with Crippen molar-refractivity contribution in [1.82, 2.24) is 4.98 Å². The topological polar surface area (TPSA) is 75.4 Å². The SMILES string of the molecule is CC(=O)c1ccc(NC(=O)c2nc(-c3ccc(C(C)(C)C)cc3)oc2-c2ccc(N(C)C)cc2)cc1. The van der Waals surface area contributed by atoms with Gasteiger partial charge in [-0.3, -0.25) is 9.59 Å². The van der Waals surface area contributed by atoms with Gasteiger partial charge in [-0.1, -0.05) is 32.9 Å². The molecule has 0 unspecified atom stereocenters. The summed E-state index contributed by atoms with van der Waals surface area (Å²) in [5.74, 6) is 0.348. The monoisotopic (exact) mass is 481 g/mol. The third-order valence-corrected chi connectivity index (χ3v) is 6.04. The maximum atomic E-state index is 13.3. The van der Waals surface area contributed by atoms with Crippen molar-refractivity contribution >= 4 is 23.1 Å². The minimum Gasteiger partial charge on any atom is -0.435 e. The number of amides is 1. The van der Waals surface area contributed by atoms with Crippen molar-refractivity contribution in [2.45, 2.75) is 33.1 Å². The Bertz CT molecular complexity index is 1380. The molecule has 0 bridgehead atoms. The van der Waals surface area contributed by atoms with Gasteiger partial charge in [-0.15, -0.1) is 0 Å². The average Bonchev–Trinajstić information content (AvgIpc) is 3.30. The lowest BCUT2D eigenvalue weighted by Gasteiger charge is -2.18. The second-order valence-corrected chi connectivity index (χ2v) is 10.1. The Morgan fingerprint density at radius 1 is 0.833 bits per heavy atom. The second kappa shape index (κ2) is 9.82. The van der Waals surface area contributed by atoms with Crippen LogP contribution in [0.4, 0.5) is 11.4 Å². The third kappa shape index (κ3) is 5.38. The van der Waals surface area contributed by atoms with Gasteiger partial charge < -0.3 is 14.6 Å². The molecule has 0 spiro atoms. The normalized spacial score (nSPS) is 11.3. The first-order valence-corrected chi connectivity index (χ1v) is 11.8. The van der Waals surface area contributed by atoms with E-state index in [9.17, 15) is 9.59 Å². The molecule has 0 atom stereocenters. The van der Waals surface area contributed by atoms with E-state index in [2.05, 4.69) is 43.2 Å². The minimum atomic E-state index is -0.390. The quantitative estimate of drug-likeness (QED) is 0.306. The van der Waals surface area contributed by atoms with Gasteiger partial charge in [0.25, 0.3) is 5.91 Å². The number of hydrogen-bond donors (Lipinski definition) is 1. The summed E-state index contributed by atoms with van der Waals surface area (Å²) in [5.41, 5.74) is 5.14. The Balaban J connectivity index is 1.72. The minimum absolute atomic E-state index is 0.0252. The molecule has 0 aliphatic heterocycles. The van der Waals surface area contributed by atoms with Crippen molar-refractivity contribution in [2.24, 2.45) is 0 Å². The Morgan fingerprint density at radius 2 is 1.42 bits per heavy atom. The highest BCUT2D eigenvalue weighted by molar-refractivity contribution is 6.07. The molecule has 1 N–H and O–H groups in total. The smallest absolute Gasteiger partial charge is 0.278 e. The molecule has 0 radical (unpaired) electrons. The summed E-state index contributed by atoms with van der Waals surface area (Å²) in [5, 5.41) is 2.88. The molecule has 0 fully saturated rings. The first-order chi connectivity index (χ1) is 17.0. The zero-order valence-corrected chi connectivity index (χ0v) is 21.5. The average molecular weight is 482 g/mol. The van der Waals surface area contributed by atoms with Gasteiger partial charge in [-0.05, 0) is 78.6 Å².